The fraction of sp³-hybridized carbons (Fsp3) is 0.562. The van der Waals surface area contributed by atoms with Gasteiger partial charge in [0.25, 0.3) is 0 Å². The van der Waals surface area contributed by atoms with Crippen molar-refractivity contribution >= 4 is 17.4 Å². The minimum Gasteiger partial charge on any atom is -0.378 e. The number of carbonyl (C=O) groups is 1. The van der Waals surface area contributed by atoms with Gasteiger partial charge in [0.15, 0.2) is 0 Å². The topological polar surface area (TPSA) is 84.3 Å². The molecule has 0 aliphatic carbocycles. The minimum atomic E-state index is -0.415. The molecule has 2 amide bonds. The van der Waals surface area contributed by atoms with E-state index < -0.39 is 6.03 Å². The second-order valence-electron chi connectivity index (χ2n) is 6.17. The van der Waals surface area contributed by atoms with Gasteiger partial charge in [-0.05, 0) is 24.6 Å². The number of rotatable bonds is 4. The Balaban J connectivity index is 1.80. The molecule has 2 saturated heterocycles. The number of nitrogens with one attached hydrogen (secondary N) is 2. The van der Waals surface area contributed by atoms with Crippen LogP contribution in [0.25, 0.3) is 0 Å². The Morgan fingerprint density at radius 3 is 2.58 bits per heavy atom. The molecule has 0 bridgehead atoms. The number of aryl methyl sites for hydroxylation is 1. The number of benzene rings is 1. The van der Waals surface area contributed by atoms with E-state index in [1.165, 1.54) is 7.05 Å². The van der Waals surface area contributed by atoms with E-state index in [-0.39, 0.29) is 0 Å². The summed E-state index contributed by atoms with van der Waals surface area (Å²) in [6.07, 6.45) is 0. The van der Waals surface area contributed by atoms with Crippen molar-refractivity contribution in [3.8, 4) is 0 Å². The average molecular weight is 332 g/mol. The largest absolute Gasteiger partial charge is 0.378 e. The third kappa shape index (κ3) is 3.20. The quantitative estimate of drug-likeness (QED) is 0.648. The summed E-state index contributed by atoms with van der Waals surface area (Å²) in [5, 5.41) is 7.05. The maximum atomic E-state index is 12.0. The van der Waals surface area contributed by atoms with E-state index in [4.69, 9.17) is 10.3 Å². The average Bonchev–Trinajstić information content (AvgIpc) is 2.55. The van der Waals surface area contributed by atoms with Crippen LogP contribution in [0.2, 0.25) is 0 Å². The predicted molar refractivity (Wildman–Crippen MR) is 91.7 cm³/mol. The molecule has 2 heterocycles. The number of ether oxygens (including phenoxy) is 1. The molecule has 2 aliphatic rings. The molecule has 0 atom stereocenters. The van der Waals surface area contributed by atoms with Gasteiger partial charge in [-0.25, -0.2) is 4.79 Å². The zero-order chi connectivity index (χ0) is 17.1. The van der Waals surface area contributed by atoms with E-state index in [0.29, 0.717) is 11.7 Å². The second-order valence-corrected chi connectivity index (χ2v) is 6.17. The normalized spacial score (nSPS) is 18.8. The van der Waals surface area contributed by atoms with Crippen LogP contribution in [0, 0.1) is 12.5 Å². The zero-order valence-corrected chi connectivity index (χ0v) is 14.2. The van der Waals surface area contributed by atoms with Gasteiger partial charge < -0.3 is 15.0 Å². The third-order valence-corrected chi connectivity index (χ3v) is 4.66. The first-order chi connectivity index (χ1) is 11.6. The molecule has 0 unspecified atom stereocenters. The van der Waals surface area contributed by atoms with Gasteiger partial charge in [0, 0.05) is 33.2 Å². The fourth-order valence-corrected chi connectivity index (χ4v) is 3.15. The monoisotopic (exact) mass is 332 g/mol. The first kappa shape index (κ1) is 16.7. The van der Waals surface area contributed by atoms with Crippen molar-refractivity contribution in [1.29, 1.82) is 5.53 Å². The number of nitrogens with zero attached hydrogens (tertiary/aromatic N) is 4. The van der Waals surface area contributed by atoms with E-state index in [9.17, 15) is 4.79 Å². The Morgan fingerprint density at radius 2 is 2.04 bits per heavy atom. The van der Waals surface area contributed by atoms with Crippen molar-refractivity contribution in [3.05, 3.63) is 23.8 Å². The van der Waals surface area contributed by atoms with E-state index in [1.807, 2.05) is 25.1 Å². The van der Waals surface area contributed by atoms with Gasteiger partial charge in [-0.15, -0.1) is 0 Å². The van der Waals surface area contributed by atoms with Crippen molar-refractivity contribution in [2.24, 2.45) is 5.22 Å². The van der Waals surface area contributed by atoms with Gasteiger partial charge in [-0.3, -0.25) is 4.90 Å². The predicted octanol–water partition coefficient (Wildman–Crippen LogP) is 1.61. The number of amides is 2. The number of anilines is 2. The fourth-order valence-electron chi connectivity index (χ4n) is 3.15. The van der Waals surface area contributed by atoms with Gasteiger partial charge >= 0.3 is 6.03 Å². The molecule has 3 rings (SSSR count). The molecule has 130 valence electrons. The Bertz CT molecular complexity index is 611. The number of piperazine rings is 1. The Labute approximate surface area is 141 Å². The van der Waals surface area contributed by atoms with Crippen molar-refractivity contribution < 1.29 is 9.53 Å². The van der Waals surface area contributed by atoms with E-state index in [1.54, 1.807) is 0 Å². The van der Waals surface area contributed by atoms with Crippen LogP contribution in [-0.4, -0.2) is 63.4 Å². The van der Waals surface area contributed by atoms with Gasteiger partial charge in [0.1, 0.15) is 0 Å². The van der Waals surface area contributed by atoms with Crippen molar-refractivity contribution in [2.45, 2.75) is 13.0 Å². The Morgan fingerprint density at radius 1 is 1.33 bits per heavy atom. The molecule has 0 aromatic heterocycles. The minimum absolute atomic E-state index is 0.415. The Hall–Kier alpha value is -2.19. The molecule has 8 nitrogen and oxygen atoms in total. The van der Waals surface area contributed by atoms with Crippen LogP contribution in [0.4, 0.5) is 16.2 Å². The molecule has 24 heavy (non-hydrogen) atoms. The van der Waals surface area contributed by atoms with Crippen LogP contribution < -0.4 is 15.2 Å². The molecular weight excluding hydrogens is 308 g/mol. The molecular formula is C16H24N6O2. The lowest BCUT2D eigenvalue weighted by atomic mass is 10.1. The van der Waals surface area contributed by atoms with Crippen LogP contribution in [0.1, 0.15) is 5.56 Å². The Kier molecular flexibility index (Phi) is 4.96. The smallest absolute Gasteiger partial charge is 0.343 e. The molecule has 2 aliphatic heterocycles. The molecule has 0 saturated carbocycles. The maximum Gasteiger partial charge on any atom is 0.343 e. The summed E-state index contributed by atoms with van der Waals surface area (Å²) in [6.45, 7) is 7.33. The molecule has 8 heteroatoms. The highest BCUT2D eigenvalue weighted by Gasteiger charge is 2.30. The maximum absolute atomic E-state index is 12.0. The van der Waals surface area contributed by atoms with Crippen LogP contribution in [0.3, 0.4) is 0 Å². The SMILES string of the molecule is CNC(=O)N(N=N)c1cc(C)ccc1N1CCN(C2COC2)CC1. The summed E-state index contributed by atoms with van der Waals surface area (Å²) in [7, 11) is 1.54. The van der Waals surface area contributed by atoms with Crippen molar-refractivity contribution in [2.75, 3.05) is 56.3 Å². The van der Waals surface area contributed by atoms with Crippen LogP contribution in [0.15, 0.2) is 23.4 Å². The number of urea groups is 1. The molecule has 1 aromatic rings. The molecule has 2 fully saturated rings. The highest BCUT2D eigenvalue weighted by Crippen LogP contribution is 2.32. The van der Waals surface area contributed by atoms with Crippen molar-refractivity contribution in [3.63, 3.8) is 0 Å². The summed E-state index contributed by atoms with van der Waals surface area (Å²) in [5.74, 6) is 0. The number of hydrogen-bond donors (Lipinski definition) is 2. The van der Waals surface area contributed by atoms with Gasteiger partial charge in [0.05, 0.1) is 30.6 Å². The van der Waals surface area contributed by atoms with Crippen molar-refractivity contribution in [1.82, 2.24) is 10.2 Å². The lowest BCUT2D eigenvalue weighted by Crippen LogP contribution is -2.56. The third-order valence-electron chi connectivity index (χ3n) is 4.66. The van der Waals surface area contributed by atoms with Crippen LogP contribution in [0.5, 0.6) is 0 Å². The van der Waals surface area contributed by atoms with Crippen LogP contribution >= 0.6 is 0 Å². The van der Waals surface area contributed by atoms with Crippen LogP contribution in [-0.2, 0) is 4.74 Å². The highest BCUT2D eigenvalue weighted by molar-refractivity contribution is 5.95. The number of carbonyl (C=O) groups excluding carboxylic acids is 1. The van der Waals surface area contributed by atoms with Gasteiger partial charge in [-0.2, -0.15) is 10.5 Å². The standard InChI is InChI=1S/C16H24N6O2/c1-12-3-4-14(15(9-12)22(19-17)16(23)18-2)21-7-5-20(6-8-21)13-10-24-11-13/h3-4,9,13,17H,5-8,10-11H2,1-2H3,(H,18,23). The number of hydrogen-bond acceptors (Lipinski definition) is 6. The van der Waals surface area contributed by atoms with E-state index in [2.05, 4.69) is 20.3 Å². The molecule has 1 aromatic carbocycles. The van der Waals surface area contributed by atoms with E-state index in [0.717, 1.165) is 55.7 Å². The highest BCUT2D eigenvalue weighted by atomic mass is 16.5. The van der Waals surface area contributed by atoms with Gasteiger partial charge in [0.2, 0.25) is 0 Å². The second kappa shape index (κ2) is 7.14. The van der Waals surface area contributed by atoms with Gasteiger partial charge in [-0.1, -0.05) is 11.3 Å². The summed E-state index contributed by atoms with van der Waals surface area (Å²) in [5.41, 5.74) is 9.99. The molecule has 0 radical (unpaired) electrons. The zero-order valence-electron chi connectivity index (χ0n) is 14.2. The molecule has 0 spiro atoms. The first-order valence-electron chi connectivity index (χ1n) is 8.20. The lowest BCUT2D eigenvalue weighted by Gasteiger charge is -2.43. The molecule has 2 N–H and O–H groups in total. The summed E-state index contributed by atoms with van der Waals surface area (Å²) < 4.78 is 5.28. The van der Waals surface area contributed by atoms with E-state index >= 15 is 0 Å². The summed E-state index contributed by atoms with van der Waals surface area (Å²) in [6, 6.07) is 6.07. The summed E-state index contributed by atoms with van der Waals surface area (Å²) in [4.78, 5) is 16.8. The summed E-state index contributed by atoms with van der Waals surface area (Å²) >= 11 is 0. The first-order valence-corrected chi connectivity index (χ1v) is 8.20. The lowest BCUT2D eigenvalue weighted by molar-refractivity contribution is -0.0660.